The molecule has 148 valence electrons. The molecule has 3 amide bonds. The smallest absolute Gasteiger partial charge is 0.269 e. The zero-order valence-corrected chi connectivity index (χ0v) is 16.3. The summed E-state index contributed by atoms with van der Waals surface area (Å²) in [6, 6.07) is 12.3. The molecule has 28 heavy (non-hydrogen) atoms. The molecule has 0 bridgehead atoms. The maximum atomic E-state index is 12.1. The van der Waals surface area contributed by atoms with E-state index in [-0.39, 0.29) is 18.7 Å². The van der Waals surface area contributed by atoms with Gasteiger partial charge < -0.3 is 10.1 Å². The highest BCUT2D eigenvalue weighted by molar-refractivity contribution is 5.96. The van der Waals surface area contributed by atoms with E-state index in [1.54, 1.807) is 24.3 Å². The fraction of sp³-hybridized carbons (Fsp3) is 0.286. The molecule has 0 fully saturated rings. The van der Waals surface area contributed by atoms with E-state index >= 15 is 0 Å². The monoisotopic (exact) mass is 383 g/mol. The summed E-state index contributed by atoms with van der Waals surface area (Å²) in [4.78, 5) is 35.9. The van der Waals surface area contributed by atoms with Crippen molar-refractivity contribution in [1.82, 2.24) is 10.9 Å². The summed E-state index contributed by atoms with van der Waals surface area (Å²) in [6.07, 6.45) is -0.0373. The second-order valence-corrected chi connectivity index (χ2v) is 6.31. The van der Waals surface area contributed by atoms with Gasteiger partial charge in [0.05, 0.1) is 6.61 Å². The number of nitrogens with one attached hydrogen (secondary N) is 3. The lowest BCUT2D eigenvalue weighted by Crippen LogP contribution is -2.41. The Morgan fingerprint density at radius 2 is 1.64 bits per heavy atom. The highest BCUT2D eigenvalue weighted by Crippen LogP contribution is 2.15. The molecule has 0 radical (unpaired) electrons. The Morgan fingerprint density at radius 3 is 2.36 bits per heavy atom. The second-order valence-electron chi connectivity index (χ2n) is 6.31. The van der Waals surface area contributed by atoms with E-state index in [0.717, 1.165) is 11.1 Å². The predicted octanol–water partition coefficient (Wildman–Crippen LogP) is 2.88. The Bertz CT molecular complexity index is 864. The van der Waals surface area contributed by atoms with Crippen LogP contribution in [-0.4, -0.2) is 24.3 Å². The van der Waals surface area contributed by atoms with Crippen molar-refractivity contribution in [2.75, 3.05) is 11.9 Å². The summed E-state index contributed by atoms with van der Waals surface area (Å²) in [6.45, 7) is 6.30. The van der Waals surface area contributed by atoms with Crippen LogP contribution in [-0.2, 0) is 9.59 Å². The van der Waals surface area contributed by atoms with Crippen molar-refractivity contribution in [3.63, 3.8) is 0 Å². The summed E-state index contributed by atoms with van der Waals surface area (Å²) >= 11 is 0. The number of benzene rings is 2. The second kappa shape index (κ2) is 10.1. The lowest BCUT2D eigenvalue weighted by molar-refractivity contribution is -0.124. The standard InChI is InChI=1S/C21H25N3O4/c1-4-28-18-7-5-6-16(13-18)21(27)24-23-20(26)11-10-19(25)22-17-9-8-14(2)15(3)12-17/h5-9,12-13H,4,10-11H2,1-3H3,(H,22,25)(H,23,26)(H,24,27). The third-order valence-electron chi connectivity index (χ3n) is 4.09. The third kappa shape index (κ3) is 6.42. The van der Waals surface area contributed by atoms with Gasteiger partial charge in [-0.25, -0.2) is 0 Å². The van der Waals surface area contributed by atoms with Crippen LogP contribution in [0.3, 0.4) is 0 Å². The Labute approximate surface area is 164 Å². The quantitative estimate of drug-likeness (QED) is 0.641. The normalized spacial score (nSPS) is 10.1. The van der Waals surface area contributed by atoms with Crippen LogP contribution in [0.4, 0.5) is 5.69 Å². The average molecular weight is 383 g/mol. The van der Waals surface area contributed by atoms with E-state index < -0.39 is 11.8 Å². The van der Waals surface area contributed by atoms with Crippen LogP contribution in [0.15, 0.2) is 42.5 Å². The number of ether oxygens (including phenoxy) is 1. The van der Waals surface area contributed by atoms with Crippen LogP contribution in [0.1, 0.15) is 41.3 Å². The van der Waals surface area contributed by atoms with Crippen LogP contribution in [0.2, 0.25) is 0 Å². The van der Waals surface area contributed by atoms with Crippen molar-refractivity contribution in [3.05, 3.63) is 59.2 Å². The van der Waals surface area contributed by atoms with Gasteiger partial charge in [-0.05, 0) is 62.2 Å². The minimum atomic E-state index is -0.463. The Kier molecular flexibility index (Phi) is 7.56. The van der Waals surface area contributed by atoms with Gasteiger partial charge in [-0.1, -0.05) is 12.1 Å². The molecule has 0 saturated heterocycles. The molecule has 2 aromatic rings. The molecule has 0 atom stereocenters. The fourth-order valence-electron chi connectivity index (χ4n) is 2.42. The first-order valence-electron chi connectivity index (χ1n) is 9.08. The molecule has 0 saturated carbocycles. The van der Waals surface area contributed by atoms with Crippen LogP contribution in [0, 0.1) is 13.8 Å². The van der Waals surface area contributed by atoms with Gasteiger partial charge in [0, 0.05) is 24.1 Å². The van der Waals surface area contributed by atoms with Gasteiger partial charge in [0.15, 0.2) is 0 Å². The molecule has 3 N–H and O–H groups in total. The van der Waals surface area contributed by atoms with Gasteiger partial charge in [0.25, 0.3) is 5.91 Å². The van der Waals surface area contributed by atoms with E-state index in [1.165, 1.54) is 0 Å². The topological polar surface area (TPSA) is 96.5 Å². The Balaban J connectivity index is 1.76. The maximum absolute atomic E-state index is 12.1. The summed E-state index contributed by atoms with van der Waals surface area (Å²) in [5.41, 5.74) is 7.90. The van der Waals surface area contributed by atoms with E-state index in [2.05, 4.69) is 16.2 Å². The molecule has 7 heteroatoms. The SMILES string of the molecule is CCOc1cccc(C(=O)NNC(=O)CCC(=O)Nc2ccc(C)c(C)c2)c1. The predicted molar refractivity (Wildman–Crippen MR) is 107 cm³/mol. The van der Waals surface area contributed by atoms with Crippen molar-refractivity contribution in [1.29, 1.82) is 0 Å². The van der Waals surface area contributed by atoms with Crippen molar-refractivity contribution in [3.8, 4) is 5.75 Å². The summed E-state index contributed by atoms with van der Waals surface area (Å²) in [7, 11) is 0. The van der Waals surface area contributed by atoms with Crippen molar-refractivity contribution in [2.24, 2.45) is 0 Å². The van der Waals surface area contributed by atoms with Gasteiger partial charge in [-0.3, -0.25) is 25.2 Å². The minimum absolute atomic E-state index is 0.00839. The molecule has 0 unspecified atom stereocenters. The van der Waals surface area contributed by atoms with Crippen molar-refractivity contribution >= 4 is 23.4 Å². The number of hydrogen-bond donors (Lipinski definition) is 3. The molecule has 0 aliphatic rings. The number of hydrogen-bond acceptors (Lipinski definition) is 4. The largest absolute Gasteiger partial charge is 0.494 e. The van der Waals surface area contributed by atoms with Crippen LogP contribution >= 0.6 is 0 Å². The van der Waals surface area contributed by atoms with E-state index in [0.29, 0.717) is 23.6 Å². The Morgan fingerprint density at radius 1 is 0.893 bits per heavy atom. The number of carbonyl (C=O) groups is 3. The number of anilines is 1. The van der Waals surface area contributed by atoms with Crippen LogP contribution in [0.5, 0.6) is 5.75 Å². The van der Waals surface area contributed by atoms with Crippen LogP contribution < -0.4 is 20.9 Å². The van der Waals surface area contributed by atoms with E-state index in [9.17, 15) is 14.4 Å². The molecule has 0 aliphatic heterocycles. The van der Waals surface area contributed by atoms with Gasteiger partial charge in [-0.2, -0.15) is 0 Å². The van der Waals surface area contributed by atoms with Crippen molar-refractivity contribution < 1.29 is 19.1 Å². The molecule has 7 nitrogen and oxygen atoms in total. The minimum Gasteiger partial charge on any atom is -0.494 e. The molecule has 0 spiro atoms. The molecular formula is C21H25N3O4. The molecule has 0 aliphatic carbocycles. The summed E-state index contributed by atoms with van der Waals surface area (Å²) in [5, 5.41) is 2.75. The average Bonchev–Trinajstić information content (AvgIpc) is 2.68. The van der Waals surface area contributed by atoms with E-state index in [1.807, 2.05) is 39.0 Å². The molecular weight excluding hydrogens is 358 g/mol. The number of hydrazine groups is 1. The first-order valence-corrected chi connectivity index (χ1v) is 9.08. The van der Waals surface area contributed by atoms with E-state index in [4.69, 9.17) is 4.74 Å². The zero-order valence-electron chi connectivity index (χ0n) is 16.3. The maximum Gasteiger partial charge on any atom is 0.269 e. The van der Waals surface area contributed by atoms with Gasteiger partial charge >= 0.3 is 0 Å². The number of carbonyl (C=O) groups excluding carboxylic acids is 3. The van der Waals surface area contributed by atoms with Gasteiger partial charge in [-0.15, -0.1) is 0 Å². The van der Waals surface area contributed by atoms with Gasteiger partial charge in [0.1, 0.15) is 5.75 Å². The first-order chi connectivity index (χ1) is 13.4. The number of aryl methyl sites for hydroxylation is 2. The summed E-state index contributed by atoms with van der Waals surface area (Å²) < 4.78 is 5.34. The fourth-order valence-corrected chi connectivity index (χ4v) is 2.42. The molecule has 0 aromatic heterocycles. The summed E-state index contributed by atoms with van der Waals surface area (Å²) in [5.74, 6) is -0.613. The Hall–Kier alpha value is -3.35. The lowest BCUT2D eigenvalue weighted by Gasteiger charge is -2.10. The lowest BCUT2D eigenvalue weighted by atomic mass is 10.1. The van der Waals surface area contributed by atoms with Crippen molar-refractivity contribution in [2.45, 2.75) is 33.6 Å². The highest BCUT2D eigenvalue weighted by atomic mass is 16.5. The highest BCUT2D eigenvalue weighted by Gasteiger charge is 2.11. The zero-order chi connectivity index (χ0) is 20.5. The molecule has 2 aromatic carbocycles. The number of rotatable bonds is 7. The third-order valence-corrected chi connectivity index (χ3v) is 4.09. The van der Waals surface area contributed by atoms with Crippen LogP contribution in [0.25, 0.3) is 0 Å². The molecule has 0 heterocycles. The first kappa shape index (κ1) is 21.0. The van der Waals surface area contributed by atoms with Gasteiger partial charge in [0.2, 0.25) is 11.8 Å². The molecule has 2 rings (SSSR count). The number of amides is 3.